The molecule has 78 valence electrons. The smallest absolute Gasteiger partial charge is 0.378 e. The Morgan fingerprint density at radius 2 is 2.00 bits per heavy atom. The summed E-state index contributed by atoms with van der Waals surface area (Å²) in [5.41, 5.74) is 0. The lowest BCUT2D eigenvalue weighted by atomic mass is 9.89. The summed E-state index contributed by atoms with van der Waals surface area (Å²) >= 11 is 0. The Morgan fingerprint density at radius 1 is 1.38 bits per heavy atom. The van der Waals surface area contributed by atoms with E-state index in [9.17, 15) is 13.2 Å². The number of hydrogen-bond donors (Lipinski definition) is 1. The Balaban J connectivity index is 2.02. The average molecular weight is 197 g/mol. The Kier molecular flexibility index (Phi) is 3.55. The third kappa shape index (κ3) is 3.95. The van der Waals surface area contributed by atoms with E-state index in [1.165, 1.54) is 0 Å². The van der Waals surface area contributed by atoms with Crippen LogP contribution < -0.4 is 5.32 Å². The van der Waals surface area contributed by atoms with E-state index >= 15 is 0 Å². The lowest BCUT2D eigenvalue weighted by Crippen LogP contribution is -2.48. The van der Waals surface area contributed by atoms with E-state index in [1.54, 1.807) is 0 Å². The van der Waals surface area contributed by atoms with Gasteiger partial charge in [0.05, 0.1) is 12.6 Å². The van der Waals surface area contributed by atoms with Gasteiger partial charge in [0.2, 0.25) is 0 Å². The van der Waals surface area contributed by atoms with Gasteiger partial charge in [-0.05, 0) is 19.8 Å². The molecule has 5 heteroatoms. The van der Waals surface area contributed by atoms with E-state index in [-0.39, 0.29) is 12.1 Å². The van der Waals surface area contributed by atoms with Gasteiger partial charge in [-0.1, -0.05) is 0 Å². The Morgan fingerprint density at radius 3 is 2.46 bits per heavy atom. The monoisotopic (exact) mass is 197 g/mol. The first-order chi connectivity index (χ1) is 6.01. The van der Waals surface area contributed by atoms with Gasteiger partial charge in [0.15, 0.2) is 0 Å². The summed E-state index contributed by atoms with van der Waals surface area (Å²) in [5, 5.41) is 2.44. The van der Waals surface area contributed by atoms with Crippen LogP contribution in [0.3, 0.4) is 0 Å². The Bertz CT molecular complexity index is 154. The molecule has 0 aromatic heterocycles. The molecule has 0 bridgehead atoms. The lowest BCUT2D eigenvalue weighted by molar-refractivity contribution is -0.130. The van der Waals surface area contributed by atoms with Crippen LogP contribution in [0.2, 0.25) is 0 Å². The molecular formula is C8H14F3NO. The van der Waals surface area contributed by atoms with Gasteiger partial charge in [-0.25, -0.2) is 0 Å². The zero-order chi connectivity index (χ0) is 9.90. The first kappa shape index (κ1) is 10.8. The first-order valence-corrected chi connectivity index (χ1v) is 4.43. The molecule has 1 aliphatic rings. The summed E-state index contributed by atoms with van der Waals surface area (Å²) in [7, 11) is 0. The van der Waals surface area contributed by atoms with Crippen molar-refractivity contribution >= 4 is 0 Å². The molecule has 0 saturated heterocycles. The topological polar surface area (TPSA) is 21.3 Å². The largest absolute Gasteiger partial charge is 0.401 e. The highest BCUT2D eigenvalue weighted by atomic mass is 19.4. The zero-order valence-electron chi connectivity index (χ0n) is 7.53. The summed E-state index contributed by atoms with van der Waals surface area (Å²) in [6, 6.07) is -0.0156. The van der Waals surface area contributed by atoms with Crippen molar-refractivity contribution in [1.29, 1.82) is 0 Å². The van der Waals surface area contributed by atoms with Gasteiger partial charge in [0.25, 0.3) is 0 Å². The molecule has 0 radical (unpaired) electrons. The standard InChI is InChI=1S/C8H14F3NO/c1-2-13-7-3-6(4-7)12-5-8(9,10)11/h6-7,12H,2-5H2,1H3. The summed E-state index contributed by atoms with van der Waals surface area (Å²) in [5.74, 6) is 0. The van der Waals surface area contributed by atoms with Gasteiger partial charge in [-0.15, -0.1) is 0 Å². The highest BCUT2D eigenvalue weighted by Gasteiger charge is 2.33. The molecule has 2 nitrogen and oxygen atoms in total. The molecule has 0 atom stereocenters. The van der Waals surface area contributed by atoms with Crippen LogP contribution >= 0.6 is 0 Å². The molecule has 0 amide bonds. The van der Waals surface area contributed by atoms with E-state index in [1.807, 2.05) is 6.92 Å². The summed E-state index contributed by atoms with van der Waals surface area (Å²) in [4.78, 5) is 0. The SMILES string of the molecule is CCOC1CC(NCC(F)(F)F)C1. The van der Waals surface area contributed by atoms with E-state index in [4.69, 9.17) is 4.74 Å². The van der Waals surface area contributed by atoms with Crippen molar-refractivity contribution < 1.29 is 17.9 Å². The van der Waals surface area contributed by atoms with Crippen molar-refractivity contribution in [2.24, 2.45) is 0 Å². The molecule has 13 heavy (non-hydrogen) atoms. The molecule has 1 aliphatic carbocycles. The number of alkyl halides is 3. The molecule has 1 N–H and O–H groups in total. The van der Waals surface area contributed by atoms with Crippen LogP contribution in [0.25, 0.3) is 0 Å². The van der Waals surface area contributed by atoms with Crippen LogP contribution in [0.1, 0.15) is 19.8 Å². The molecule has 0 spiro atoms. The van der Waals surface area contributed by atoms with Crippen LogP contribution in [0.4, 0.5) is 13.2 Å². The van der Waals surface area contributed by atoms with Crippen LogP contribution in [-0.4, -0.2) is 31.5 Å². The van der Waals surface area contributed by atoms with Crippen molar-refractivity contribution in [2.45, 2.75) is 38.1 Å². The third-order valence-corrected chi connectivity index (χ3v) is 2.09. The fourth-order valence-electron chi connectivity index (χ4n) is 1.36. The zero-order valence-corrected chi connectivity index (χ0v) is 7.53. The van der Waals surface area contributed by atoms with Crippen LogP contribution in [-0.2, 0) is 4.74 Å². The highest BCUT2D eigenvalue weighted by molar-refractivity contribution is 4.86. The Labute approximate surface area is 75.4 Å². The predicted octanol–water partition coefficient (Wildman–Crippen LogP) is 1.71. The molecular weight excluding hydrogens is 183 g/mol. The number of ether oxygens (including phenoxy) is 1. The maximum Gasteiger partial charge on any atom is 0.401 e. The second-order valence-electron chi connectivity index (χ2n) is 3.24. The molecule has 1 saturated carbocycles. The van der Waals surface area contributed by atoms with Gasteiger partial charge in [0.1, 0.15) is 0 Å². The molecule has 0 aromatic rings. The fourth-order valence-corrected chi connectivity index (χ4v) is 1.36. The Hall–Kier alpha value is -0.290. The minimum atomic E-state index is -4.10. The molecule has 1 rings (SSSR count). The number of nitrogens with one attached hydrogen (secondary N) is 1. The summed E-state index contributed by atoms with van der Waals surface area (Å²) in [6.45, 7) is 1.63. The lowest BCUT2D eigenvalue weighted by Gasteiger charge is -2.35. The van der Waals surface area contributed by atoms with E-state index < -0.39 is 12.7 Å². The molecule has 1 fully saturated rings. The van der Waals surface area contributed by atoms with Crippen molar-refractivity contribution in [3.05, 3.63) is 0 Å². The van der Waals surface area contributed by atoms with E-state index in [2.05, 4.69) is 5.32 Å². The quantitative estimate of drug-likeness (QED) is 0.740. The minimum absolute atomic E-state index is 0.0156. The van der Waals surface area contributed by atoms with E-state index in [0.29, 0.717) is 19.4 Å². The summed E-state index contributed by atoms with van der Waals surface area (Å²) in [6.07, 6.45) is -2.54. The number of rotatable bonds is 4. The number of halogens is 3. The normalized spacial score (nSPS) is 28.6. The van der Waals surface area contributed by atoms with Crippen molar-refractivity contribution in [2.75, 3.05) is 13.2 Å². The predicted molar refractivity (Wildman–Crippen MR) is 42.5 cm³/mol. The number of hydrogen-bond acceptors (Lipinski definition) is 2. The average Bonchev–Trinajstić information content (AvgIpc) is 1.91. The second kappa shape index (κ2) is 4.28. The molecule has 0 aliphatic heterocycles. The van der Waals surface area contributed by atoms with Gasteiger partial charge in [-0.3, -0.25) is 0 Å². The van der Waals surface area contributed by atoms with E-state index in [0.717, 1.165) is 0 Å². The molecule has 0 unspecified atom stereocenters. The van der Waals surface area contributed by atoms with Crippen LogP contribution in [0.15, 0.2) is 0 Å². The van der Waals surface area contributed by atoms with Crippen LogP contribution in [0.5, 0.6) is 0 Å². The van der Waals surface area contributed by atoms with Gasteiger partial charge in [0, 0.05) is 12.6 Å². The maximum absolute atomic E-state index is 11.7. The van der Waals surface area contributed by atoms with Gasteiger partial charge >= 0.3 is 6.18 Å². The van der Waals surface area contributed by atoms with Gasteiger partial charge < -0.3 is 10.1 Å². The van der Waals surface area contributed by atoms with Crippen molar-refractivity contribution in [1.82, 2.24) is 5.32 Å². The van der Waals surface area contributed by atoms with Crippen molar-refractivity contribution in [3.63, 3.8) is 0 Å². The molecule has 0 aromatic carbocycles. The second-order valence-corrected chi connectivity index (χ2v) is 3.24. The summed E-state index contributed by atoms with van der Waals surface area (Å²) < 4.78 is 40.4. The fraction of sp³-hybridized carbons (Fsp3) is 1.00. The highest BCUT2D eigenvalue weighted by Crippen LogP contribution is 2.24. The van der Waals surface area contributed by atoms with Crippen molar-refractivity contribution in [3.8, 4) is 0 Å². The molecule has 0 heterocycles. The minimum Gasteiger partial charge on any atom is -0.378 e. The first-order valence-electron chi connectivity index (χ1n) is 4.43. The van der Waals surface area contributed by atoms with Gasteiger partial charge in [-0.2, -0.15) is 13.2 Å². The van der Waals surface area contributed by atoms with Crippen LogP contribution in [0, 0.1) is 0 Å². The maximum atomic E-state index is 11.7. The third-order valence-electron chi connectivity index (χ3n) is 2.09.